The standard InChI is InChI=1S/C18H22N2O3S2/c1-23-18(22)24-10-14-19-16(21)15-12-8-5-9-13(12)25-17(15)20(14)11-6-3-2-4-7-11/h11H,2-10H2,1H3. The highest BCUT2D eigenvalue weighted by Crippen LogP contribution is 2.39. The Kier molecular flexibility index (Phi) is 4.86. The van der Waals surface area contributed by atoms with E-state index in [2.05, 4.69) is 9.55 Å². The fourth-order valence-electron chi connectivity index (χ4n) is 4.12. The number of nitrogens with zero attached hydrogens (tertiary/aromatic N) is 2. The van der Waals surface area contributed by atoms with E-state index < -0.39 is 0 Å². The Hall–Kier alpha value is -1.34. The van der Waals surface area contributed by atoms with Crippen molar-refractivity contribution in [1.82, 2.24) is 9.55 Å². The van der Waals surface area contributed by atoms with Crippen LogP contribution >= 0.6 is 23.1 Å². The minimum absolute atomic E-state index is 0.123. The van der Waals surface area contributed by atoms with Crippen molar-refractivity contribution in [3.05, 3.63) is 26.6 Å². The van der Waals surface area contributed by atoms with Crippen LogP contribution in [0.1, 0.15) is 60.8 Å². The molecular weight excluding hydrogens is 356 g/mol. The molecule has 2 heterocycles. The van der Waals surface area contributed by atoms with Crippen LogP contribution in [0, 0.1) is 0 Å². The molecule has 2 aromatic rings. The van der Waals surface area contributed by atoms with Gasteiger partial charge in [-0.25, -0.2) is 4.79 Å². The van der Waals surface area contributed by atoms with Gasteiger partial charge in [0.15, 0.2) is 0 Å². The molecule has 2 aromatic heterocycles. The molecule has 0 amide bonds. The lowest BCUT2D eigenvalue weighted by Crippen LogP contribution is -2.23. The van der Waals surface area contributed by atoms with Crippen LogP contribution in [0.15, 0.2) is 4.79 Å². The van der Waals surface area contributed by atoms with Crippen LogP contribution < -0.4 is 5.56 Å². The van der Waals surface area contributed by atoms with Gasteiger partial charge in [0.05, 0.1) is 18.2 Å². The van der Waals surface area contributed by atoms with E-state index in [9.17, 15) is 9.59 Å². The first-order valence-corrected chi connectivity index (χ1v) is 10.8. The Morgan fingerprint density at radius 3 is 2.84 bits per heavy atom. The van der Waals surface area contributed by atoms with E-state index in [1.54, 1.807) is 11.3 Å². The molecule has 1 saturated carbocycles. The van der Waals surface area contributed by atoms with Crippen LogP contribution in [-0.2, 0) is 23.3 Å². The number of ether oxygens (including phenoxy) is 1. The van der Waals surface area contributed by atoms with Crippen LogP contribution in [0.3, 0.4) is 0 Å². The molecule has 0 unspecified atom stereocenters. The second-order valence-corrected chi connectivity index (χ2v) is 8.77. The van der Waals surface area contributed by atoms with Crippen LogP contribution in [0.4, 0.5) is 4.79 Å². The maximum atomic E-state index is 12.7. The van der Waals surface area contributed by atoms with Gasteiger partial charge in [-0.15, -0.1) is 11.3 Å². The first kappa shape index (κ1) is 17.1. The number of fused-ring (bicyclic) bond motifs is 3. The molecule has 134 valence electrons. The summed E-state index contributed by atoms with van der Waals surface area (Å²) in [5.74, 6) is 1.11. The number of thioether (sulfide) groups is 1. The Morgan fingerprint density at radius 2 is 2.08 bits per heavy atom. The molecule has 0 aliphatic heterocycles. The van der Waals surface area contributed by atoms with Gasteiger partial charge < -0.3 is 9.30 Å². The molecule has 2 aliphatic carbocycles. The van der Waals surface area contributed by atoms with E-state index in [0.29, 0.717) is 11.8 Å². The third kappa shape index (κ3) is 3.12. The topological polar surface area (TPSA) is 61.2 Å². The predicted molar refractivity (Wildman–Crippen MR) is 102 cm³/mol. The molecule has 0 spiro atoms. The Labute approximate surface area is 154 Å². The van der Waals surface area contributed by atoms with Crippen molar-refractivity contribution in [2.45, 2.75) is 63.2 Å². The fourth-order valence-corrected chi connectivity index (χ4v) is 6.17. The van der Waals surface area contributed by atoms with E-state index in [1.165, 1.54) is 36.8 Å². The number of aromatic nitrogens is 2. The van der Waals surface area contributed by atoms with Crippen molar-refractivity contribution in [3.63, 3.8) is 0 Å². The summed E-state index contributed by atoms with van der Waals surface area (Å²) in [6.07, 6.45) is 9.16. The van der Waals surface area contributed by atoms with Gasteiger partial charge >= 0.3 is 5.30 Å². The van der Waals surface area contributed by atoms with E-state index >= 15 is 0 Å². The molecule has 0 aromatic carbocycles. The highest BCUT2D eigenvalue weighted by molar-refractivity contribution is 8.12. The summed E-state index contributed by atoms with van der Waals surface area (Å²) in [6.45, 7) is 0. The molecule has 25 heavy (non-hydrogen) atoms. The Morgan fingerprint density at radius 1 is 1.28 bits per heavy atom. The van der Waals surface area contributed by atoms with E-state index in [1.807, 2.05) is 0 Å². The van der Waals surface area contributed by atoms with Crippen molar-refractivity contribution < 1.29 is 9.53 Å². The van der Waals surface area contributed by atoms with Crippen LogP contribution in [0.25, 0.3) is 10.2 Å². The molecule has 4 rings (SSSR count). The van der Waals surface area contributed by atoms with Crippen molar-refractivity contribution in [2.24, 2.45) is 0 Å². The van der Waals surface area contributed by atoms with Gasteiger partial charge in [-0.3, -0.25) is 4.79 Å². The molecule has 0 radical (unpaired) electrons. The number of rotatable bonds is 3. The maximum absolute atomic E-state index is 12.7. The summed E-state index contributed by atoms with van der Waals surface area (Å²) in [7, 11) is 1.38. The largest absolute Gasteiger partial charge is 0.461 e. The van der Waals surface area contributed by atoms with Crippen molar-refractivity contribution in [3.8, 4) is 0 Å². The SMILES string of the molecule is COC(=O)SCc1nc(=O)c2c3c(sc2n1C1CCCCC1)CCC3. The van der Waals surface area contributed by atoms with Crippen molar-refractivity contribution in [2.75, 3.05) is 7.11 Å². The number of carbonyl (C=O) groups excluding carboxylic acids is 1. The first-order valence-electron chi connectivity index (χ1n) is 8.95. The summed E-state index contributed by atoms with van der Waals surface area (Å²) >= 11 is 2.85. The van der Waals surface area contributed by atoms with Gasteiger partial charge in [-0.2, -0.15) is 4.98 Å². The number of hydrogen-bond donors (Lipinski definition) is 0. The molecular formula is C18H22N2O3S2. The summed E-state index contributed by atoms with van der Waals surface area (Å²) in [4.78, 5) is 31.1. The zero-order chi connectivity index (χ0) is 17.4. The summed E-state index contributed by atoms with van der Waals surface area (Å²) in [6, 6.07) is 0.386. The smallest absolute Gasteiger partial charge is 0.367 e. The van der Waals surface area contributed by atoms with Crippen molar-refractivity contribution >= 4 is 38.6 Å². The first-order chi connectivity index (χ1) is 12.2. The Bertz CT molecular complexity index is 865. The fraction of sp³-hybridized carbons (Fsp3) is 0.611. The van der Waals surface area contributed by atoms with Gasteiger partial charge in [0.2, 0.25) is 0 Å². The van der Waals surface area contributed by atoms with Crippen LogP contribution in [0.5, 0.6) is 0 Å². The monoisotopic (exact) mass is 378 g/mol. The Balaban J connectivity index is 1.84. The lowest BCUT2D eigenvalue weighted by molar-refractivity contribution is 0.200. The average Bonchev–Trinajstić information content (AvgIpc) is 3.21. The summed E-state index contributed by atoms with van der Waals surface area (Å²) < 4.78 is 7.02. The molecule has 0 bridgehead atoms. The zero-order valence-electron chi connectivity index (χ0n) is 14.4. The van der Waals surface area contributed by atoms with Crippen molar-refractivity contribution in [1.29, 1.82) is 0 Å². The van der Waals surface area contributed by atoms with E-state index in [0.717, 1.165) is 59.9 Å². The molecule has 5 nitrogen and oxygen atoms in total. The molecule has 0 N–H and O–H groups in total. The third-order valence-electron chi connectivity index (χ3n) is 5.27. The lowest BCUT2D eigenvalue weighted by Gasteiger charge is -2.27. The second-order valence-electron chi connectivity index (χ2n) is 6.78. The lowest BCUT2D eigenvalue weighted by atomic mass is 9.95. The quantitative estimate of drug-likeness (QED) is 0.738. The summed E-state index contributed by atoms with van der Waals surface area (Å²) in [5, 5.41) is 0.508. The number of methoxy groups -OCH3 is 1. The van der Waals surface area contributed by atoms with Gasteiger partial charge in [0.1, 0.15) is 10.7 Å². The number of thiophene rings is 1. The van der Waals surface area contributed by atoms with Gasteiger partial charge in [0.25, 0.3) is 5.56 Å². The highest BCUT2D eigenvalue weighted by atomic mass is 32.2. The van der Waals surface area contributed by atoms with Gasteiger partial charge in [-0.1, -0.05) is 19.3 Å². The van der Waals surface area contributed by atoms with E-state index in [4.69, 9.17) is 4.74 Å². The number of hydrogen-bond acceptors (Lipinski definition) is 6. The van der Waals surface area contributed by atoms with E-state index in [-0.39, 0.29) is 10.9 Å². The highest BCUT2D eigenvalue weighted by Gasteiger charge is 2.27. The maximum Gasteiger partial charge on any atom is 0.367 e. The molecule has 2 aliphatic rings. The zero-order valence-corrected chi connectivity index (χ0v) is 16.0. The molecule has 0 saturated heterocycles. The predicted octanol–water partition coefficient (Wildman–Crippen LogP) is 4.45. The van der Waals surface area contributed by atoms with Gasteiger partial charge in [0, 0.05) is 10.9 Å². The normalized spacial score (nSPS) is 17.8. The average molecular weight is 379 g/mol. The minimum atomic E-state index is -0.335. The molecule has 1 fully saturated rings. The number of carbonyl (C=O) groups is 1. The number of aryl methyl sites for hydroxylation is 2. The third-order valence-corrected chi connectivity index (χ3v) is 7.37. The molecule has 0 atom stereocenters. The molecule has 7 heteroatoms. The van der Waals surface area contributed by atoms with Gasteiger partial charge in [-0.05, 0) is 49.4 Å². The second kappa shape index (κ2) is 7.11. The van der Waals surface area contributed by atoms with Crippen LogP contribution in [0.2, 0.25) is 0 Å². The summed E-state index contributed by atoms with van der Waals surface area (Å²) in [5.41, 5.74) is 1.11. The minimum Gasteiger partial charge on any atom is -0.461 e. The van der Waals surface area contributed by atoms with Crippen LogP contribution in [-0.4, -0.2) is 22.0 Å².